The lowest BCUT2D eigenvalue weighted by Gasteiger charge is -2.50. The van der Waals surface area contributed by atoms with Crippen molar-refractivity contribution in [1.29, 1.82) is 0 Å². The number of aliphatic hydroxyl groups is 21. The standard InChI is InChI=1S/C42H70O35/c43-1-8-29-15(50)22(57)36(64-8)72-30-9(2-44)66-38(24(59)17(30)52)74-32-11(4-46)68-40(26(61)19(32)54)76-34-13(6-48)70-42(28(63)21(34)56)77-35-14(7-49)69-41(27(62)20(35)55)75-33-12(5-47)67-39(25(60)18(33)53)73-31-10(3-45)65-37(71-29)23(58)16(31)51/h8-63H,1-7H2/t8?,9?,10?,11?,12?,13?,14?,15-,16-,17-,18-,19?,20?,21?,22?,23?,24?,25?,26+,27+,28+,29-,30-,31-,32-,33-,34-,35-,36+,37-,38?,39-,40-,41-,42-/m1/s1. The van der Waals surface area contributed by atoms with Crippen LogP contribution in [-0.2, 0) is 66.3 Å². The van der Waals surface area contributed by atoms with E-state index in [1.807, 2.05) is 0 Å². The molecule has 15 unspecified atom stereocenters. The summed E-state index contributed by atoms with van der Waals surface area (Å²) in [5.74, 6) is 0. The smallest absolute Gasteiger partial charge is 0.187 e. The molecule has 35 atom stereocenters. The Bertz CT molecular complexity index is 1470. The van der Waals surface area contributed by atoms with Gasteiger partial charge in [0.2, 0.25) is 0 Å². The van der Waals surface area contributed by atoms with Crippen LogP contribution in [0.3, 0.4) is 0 Å². The van der Waals surface area contributed by atoms with Crippen LogP contribution >= 0.6 is 0 Å². The highest BCUT2D eigenvalue weighted by atomic mass is 16.8. The third-order valence-corrected chi connectivity index (χ3v) is 14.8. The van der Waals surface area contributed by atoms with E-state index in [0.717, 1.165) is 0 Å². The molecule has 0 aliphatic carbocycles. The number of hydrogen-bond acceptors (Lipinski definition) is 35. The summed E-state index contributed by atoms with van der Waals surface area (Å²) in [6.45, 7) is -7.33. The SMILES string of the molecule is OCC1O[C@@H]2O[C@@H]3C(CO)O[C@H](O[C@@H]4C(CO)O[C@H](O[C@@H]5C(CO)O[C@H](O[C@@H]6C(CO)O[C@H](O[C@@H]7C(CO)O[C@@H](O[C@@H]8C(CO)OC(O[C@H]1C(O)[C@@H]2O)C(O)[C@H]8O)C(O)[C@H]7O)C(O)[C@H]6O)C(O)[C@H]5O)[C@@H](O)C4O)[C@@H](O)C3O. The third-order valence-electron chi connectivity index (χ3n) is 14.8. The fourth-order valence-corrected chi connectivity index (χ4v) is 10.4. The molecule has 0 aromatic heterocycles. The quantitative estimate of drug-likeness (QED) is 0.113. The first-order chi connectivity index (χ1) is 36.7. The van der Waals surface area contributed by atoms with Crippen molar-refractivity contribution in [3.8, 4) is 0 Å². The van der Waals surface area contributed by atoms with Gasteiger partial charge in [0.25, 0.3) is 0 Å². The minimum Gasteiger partial charge on any atom is -0.394 e. The molecule has 21 aliphatic rings. The van der Waals surface area contributed by atoms with Crippen LogP contribution in [0.4, 0.5) is 0 Å². The number of hydrogen-bond donors (Lipinski definition) is 21. The second-order valence-electron chi connectivity index (χ2n) is 19.7. The third kappa shape index (κ3) is 12.1. The lowest BCUT2D eigenvalue weighted by atomic mass is 9.95. The molecular formula is C42H70O35. The molecule has 35 nitrogen and oxygen atoms in total. The van der Waals surface area contributed by atoms with E-state index in [1.54, 1.807) is 0 Å². The van der Waals surface area contributed by atoms with Crippen LogP contribution in [0.2, 0.25) is 0 Å². The van der Waals surface area contributed by atoms with Gasteiger partial charge in [-0.05, 0) is 0 Å². The molecule has 21 saturated heterocycles. The van der Waals surface area contributed by atoms with Gasteiger partial charge in [-0.2, -0.15) is 0 Å². The Morgan fingerprint density at radius 3 is 0.351 bits per heavy atom. The van der Waals surface area contributed by atoms with E-state index >= 15 is 0 Å². The molecule has 0 amide bonds. The molecule has 77 heavy (non-hydrogen) atoms. The molecule has 21 N–H and O–H groups in total. The molecule has 14 bridgehead atoms. The molecule has 0 aromatic rings. The molecule has 21 heterocycles. The first kappa shape index (κ1) is 61.7. The predicted molar refractivity (Wildman–Crippen MR) is 228 cm³/mol. The van der Waals surface area contributed by atoms with Crippen molar-refractivity contribution >= 4 is 0 Å². The summed E-state index contributed by atoms with van der Waals surface area (Å²) in [5, 5.41) is 230. The summed E-state index contributed by atoms with van der Waals surface area (Å²) in [6.07, 6.45) is -70.2. The first-order valence-electron chi connectivity index (χ1n) is 24.6. The van der Waals surface area contributed by atoms with E-state index in [-0.39, 0.29) is 0 Å². The highest BCUT2D eigenvalue weighted by Crippen LogP contribution is 2.39. The molecule has 35 heteroatoms. The Morgan fingerprint density at radius 1 is 0.156 bits per heavy atom. The average Bonchev–Trinajstić information content (AvgIpc) is 3.47. The van der Waals surface area contributed by atoms with Crippen molar-refractivity contribution in [3.63, 3.8) is 0 Å². The summed E-state index contributed by atoms with van der Waals surface area (Å²) in [7, 11) is 0. The zero-order valence-electron chi connectivity index (χ0n) is 40.3. The Labute approximate surface area is 434 Å². The molecule has 21 aliphatic heterocycles. The van der Waals surface area contributed by atoms with E-state index in [9.17, 15) is 107 Å². The van der Waals surface area contributed by atoms with Crippen molar-refractivity contribution in [3.05, 3.63) is 0 Å². The maximum Gasteiger partial charge on any atom is 0.187 e. The van der Waals surface area contributed by atoms with E-state index in [4.69, 9.17) is 66.3 Å². The molecular weight excluding hydrogens is 1060 g/mol. The van der Waals surface area contributed by atoms with Crippen molar-refractivity contribution in [2.75, 3.05) is 46.2 Å². The van der Waals surface area contributed by atoms with E-state index in [2.05, 4.69) is 0 Å². The zero-order valence-corrected chi connectivity index (χ0v) is 40.3. The van der Waals surface area contributed by atoms with Crippen LogP contribution in [-0.4, -0.2) is 368 Å². The molecule has 0 aromatic carbocycles. The van der Waals surface area contributed by atoms with Gasteiger partial charge in [0.05, 0.1) is 46.2 Å². The molecule has 0 radical (unpaired) electrons. The molecule has 0 spiro atoms. The van der Waals surface area contributed by atoms with Crippen molar-refractivity contribution in [1.82, 2.24) is 0 Å². The van der Waals surface area contributed by atoms with Gasteiger partial charge in [-0.15, -0.1) is 0 Å². The Kier molecular flexibility index (Phi) is 20.8. The average molecular weight is 1130 g/mol. The summed E-state index contributed by atoms with van der Waals surface area (Å²) in [4.78, 5) is 0. The van der Waals surface area contributed by atoms with Crippen molar-refractivity contribution in [2.24, 2.45) is 0 Å². The van der Waals surface area contributed by atoms with Crippen LogP contribution in [0.5, 0.6) is 0 Å². The van der Waals surface area contributed by atoms with Crippen LogP contribution in [0.25, 0.3) is 0 Å². The second kappa shape index (κ2) is 26.0. The second-order valence-corrected chi connectivity index (χ2v) is 19.7. The minimum absolute atomic E-state index is 1.05. The van der Waals surface area contributed by atoms with Crippen molar-refractivity contribution < 1.29 is 174 Å². The van der Waals surface area contributed by atoms with Gasteiger partial charge < -0.3 is 174 Å². The van der Waals surface area contributed by atoms with E-state index in [0.29, 0.717) is 0 Å². The van der Waals surface area contributed by atoms with Gasteiger partial charge in [0, 0.05) is 0 Å². The molecule has 21 rings (SSSR count). The van der Waals surface area contributed by atoms with E-state index in [1.165, 1.54) is 0 Å². The highest BCUT2D eigenvalue weighted by Gasteiger charge is 2.59. The van der Waals surface area contributed by atoms with Gasteiger partial charge in [0.1, 0.15) is 171 Å². The van der Waals surface area contributed by atoms with Gasteiger partial charge in [0.15, 0.2) is 44.0 Å². The first-order valence-corrected chi connectivity index (χ1v) is 24.6. The number of ether oxygens (including phenoxy) is 14. The fourth-order valence-electron chi connectivity index (χ4n) is 10.4. The minimum atomic E-state index is -2.21. The zero-order chi connectivity index (χ0) is 56.1. The highest BCUT2D eigenvalue weighted by molar-refractivity contribution is 5.01. The summed E-state index contributed by atoms with van der Waals surface area (Å²) >= 11 is 0. The molecule has 21 fully saturated rings. The van der Waals surface area contributed by atoms with E-state index < -0.39 is 261 Å². The summed E-state index contributed by atoms with van der Waals surface area (Å²) in [6, 6.07) is 0. The summed E-state index contributed by atoms with van der Waals surface area (Å²) < 4.78 is 79.5. The Morgan fingerprint density at radius 2 is 0.260 bits per heavy atom. The maximum atomic E-state index is 11.3. The Hall–Kier alpha value is -1.40. The lowest BCUT2D eigenvalue weighted by molar-refractivity contribution is -0.396. The fraction of sp³-hybridized carbons (Fsp3) is 1.00. The normalized spacial score (nSPS) is 55.4. The number of rotatable bonds is 7. The van der Waals surface area contributed by atoms with Gasteiger partial charge in [-0.1, -0.05) is 0 Å². The van der Waals surface area contributed by atoms with Crippen LogP contribution in [0.1, 0.15) is 0 Å². The van der Waals surface area contributed by atoms with Gasteiger partial charge in [-0.3, -0.25) is 0 Å². The summed E-state index contributed by atoms with van der Waals surface area (Å²) in [5.41, 5.74) is 0. The van der Waals surface area contributed by atoms with Crippen LogP contribution < -0.4 is 0 Å². The number of aliphatic hydroxyl groups excluding tert-OH is 21. The molecule has 0 saturated carbocycles. The molecule has 448 valence electrons. The predicted octanol–water partition coefficient (Wildman–Crippen LogP) is -15.2. The van der Waals surface area contributed by atoms with Crippen LogP contribution in [0.15, 0.2) is 0 Å². The van der Waals surface area contributed by atoms with Crippen LogP contribution in [0, 0.1) is 0 Å². The Balaban J connectivity index is 1.08. The van der Waals surface area contributed by atoms with Gasteiger partial charge in [-0.25, -0.2) is 0 Å². The van der Waals surface area contributed by atoms with Crippen molar-refractivity contribution in [2.45, 2.75) is 215 Å². The monoisotopic (exact) mass is 1130 g/mol. The maximum absolute atomic E-state index is 11.3. The van der Waals surface area contributed by atoms with Gasteiger partial charge >= 0.3 is 0 Å². The lowest BCUT2D eigenvalue weighted by Crippen LogP contribution is -2.68. The largest absolute Gasteiger partial charge is 0.394 e. The topological polar surface area (TPSA) is 554 Å².